The van der Waals surface area contributed by atoms with E-state index in [1.807, 2.05) is 0 Å². The van der Waals surface area contributed by atoms with E-state index in [4.69, 9.17) is 0 Å². The Morgan fingerprint density at radius 3 is 1.33 bits per heavy atom. The highest BCUT2D eigenvalue weighted by atomic mass is 15.0. The third kappa shape index (κ3) is 5.89. The third-order valence-corrected chi connectivity index (χ3v) is 10.4. The average Bonchev–Trinajstić information content (AvgIpc) is 3.72. The van der Waals surface area contributed by atoms with Gasteiger partial charge in [0.2, 0.25) is 0 Å². The molecular weight excluding hydrogens is 617 g/mol. The maximum atomic E-state index is 2.44. The van der Waals surface area contributed by atoms with E-state index in [0.29, 0.717) is 0 Å². The van der Waals surface area contributed by atoms with Crippen molar-refractivity contribution in [1.29, 1.82) is 0 Å². The molecule has 6 aromatic carbocycles. The van der Waals surface area contributed by atoms with Crippen LogP contribution >= 0.6 is 0 Å². The standard InChI is InChI=1S/C49H46N2/c1-33-18-23-40(51-44(35-14-10-8-11-15-35)28-29-45(51)36-16-12-9-13-17-36)32-41(33)34-19-24-39(25-20-34)50-46-26-21-37(48(2,3)4)30-42(46)43-31-38(49(5,6)7)22-27-47(43)50/h8-32H,1-7H3. The molecule has 2 aromatic heterocycles. The van der Waals surface area contributed by atoms with Gasteiger partial charge in [-0.3, -0.25) is 0 Å². The molecule has 0 saturated heterocycles. The molecule has 0 bridgehead atoms. The van der Waals surface area contributed by atoms with Crippen molar-refractivity contribution in [3.63, 3.8) is 0 Å². The normalized spacial score (nSPS) is 12.2. The van der Waals surface area contributed by atoms with Gasteiger partial charge in [0.25, 0.3) is 0 Å². The Morgan fingerprint density at radius 1 is 0.392 bits per heavy atom. The van der Waals surface area contributed by atoms with Crippen LogP contribution in [0.4, 0.5) is 0 Å². The lowest BCUT2D eigenvalue weighted by molar-refractivity contribution is 0.590. The summed E-state index contributed by atoms with van der Waals surface area (Å²) < 4.78 is 4.84. The highest BCUT2D eigenvalue weighted by Gasteiger charge is 2.21. The van der Waals surface area contributed by atoms with Crippen molar-refractivity contribution >= 4 is 21.8 Å². The first kappa shape index (κ1) is 32.6. The van der Waals surface area contributed by atoms with Crippen molar-refractivity contribution < 1.29 is 0 Å². The molecule has 252 valence electrons. The van der Waals surface area contributed by atoms with Gasteiger partial charge in [-0.25, -0.2) is 0 Å². The molecule has 0 fully saturated rings. The Bertz CT molecular complexity index is 2390. The molecule has 0 radical (unpaired) electrons. The molecule has 0 aliphatic heterocycles. The number of nitrogens with zero attached hydrogens (tertiary/aromatic N) is 2. The van der Waals surface area contributed by atoms with Crippen LogP contribution in [0.2, 0.25) is 0 Å². The van der Waals surface area contributed by atoms with Crippen LogP contribution in [0.15, 0.2) is 152 Å². The number of hydrogen-bond donors (Lipinski definition) is 0. The maximum absolute atomic E-state index is 2.44. The van der Waals surface area contributed by atoms with Crippen LogP contribution in [0, 0.1) is 6.92 Å². The average molecular weight is 663 g/mol. The van der Waals surface area contributed by atoms with Gasteiger partial charge in [0.05, 0.1) is 22.4 Å². The van der Waals surface area contributed by atoms with E-state index in [9.17, 15) is 0 Å². The van der Waals surface area contributed by atoms with Crippen molar-refractivity contribution in [2.24, 2.45) is 0 Å². The predicted molar refractivity (Wildman–Crippen MR) is 219 cm³/mol. The molecule has 0 spiro atoms. The van der Waals surface area contributed by atoms with E-state index in [0.717, 1.165) is 5.69 Å². The van der Waals surface area contributed by atoms with E-state index >= 15 is 0 Å². The molecule has 8 aromatic rings. The summed E-state index contributed by atoms with van der Waals surface area (Å²) in [4.78, 5) is 0. The smallest absolute Gasteiger partial charge is 0.0541 e. The summed E-state index contributed by atoms with van der Waals surface area (Å²) in [6.45, 7) is 16.0. The van der Waals surface area contributed by atoms with Crippen LogP contribution in [-0.2, 0) is 10.8 Å². The number of aryl methyl sites for hydroxylation is 1. The molecule has 2 heterocycles. The number of aromatic nitrogens is 2. The molecule has 0 N–H and O–H groups in total. The first-order chi connectivity index (χ1) is 24.5. The van der Waals surface area contributed by atoms with Crippen LogP contribution in [0.3, 0.4) is 0 Å². The molecule has 0 atom stereocenters. The van der Waals surface area contributed by atoms with Crippen molar-refractivity contribution in [2.45, 2.75) is 59.3 Å². The maximum Gasteiger partial charge on any atom is 0.0541 e. The summed E-state index contributed by atoms with van der Waals surface area (Å²) in [5, 5.41) is 2.62. The molecular formula is C49H46N2. The Morgan fingerprint density at radius 2 is 0.863 bits per heavy atom. The highest BCUT2D eigenvalue weighted by Crippen LogP contribution is 2.39. The summed E-state index contributed by atoms with van der Waals surface area (Å²) in [7, 11) is 0. The summed E-state index contributed by atoms with van der Waals surface area (Å²) in [6.07, 6.45) is 0. The minimum atomic E-state index is 0.0721. The molecule has 0 aliphatic rings. The second-order valence-electron chi connectivity index (χ2n) is 16.0. The van der Waals surface area contributed by atoms with Gasteiger partial charge in [-0.05, 0) is 117 Å². The molecule has 0 saturated carbocycles. The van der Waals surface area contributed by atoms with Gasteiger partial charge >= 0.3 is 0 Å². The monoisotopic (exact) mass is 662 g/mol. The van der Waals surface area contributed by atoms with Crippen LogP contribution in [-0.4, -0.2) is 9.13 Å². The van der Waals surface area contributed by atoms with E-state index in [1.165, 1.54) is 77.8 Å². The van der Waals surface area contributed by atoms with Gasteiger partial charge in [0, 0.05) is 22.1 Å². The van der Waals surface area contributed by atoms with Gasteiger partial charge < -0.3 is 9.13 Å². The van der Waals surface area contributed by atoms with Crippen LogP contribution in [0.5, 0.6) is 0 Å². The zero-order valence-electron chi connectivity index (χ0n) is 30.8. The molecule has 0 aliphatic carbocycles. The minimum Gasteiger partial charge on any atom is -0.309 e. The van der Waals surface area contributed by atoms with E-state index in [1.54, 1.807) is 0 Å². The first-order valence-corrected chi connectivity index (χ1v) is 18.1. The van der Waals surface area contributed by atoms with Crippen molar-refractivity contribution in [1.82, 2.24) is 9.13 Å². The van der Waals surface area contributed by atoms with Gasteiger partial charge in [-0.15, -0.1) is 0 Å². The molecule has 0 amide bonds. The predicted octanol–water partition coefficient (Wildman–Crippen LogP) is 13.5. The van der Waals surface area contributed by atoms with Crippen molar-refractivity contribution in [3.8, 4) is 45.0 Å². The summed E-state index contributed by atoms with van der Waals surface area (Å²) in [6, 6.07) is 56.0. The number of hydrogen-bond acceptors (Lipinski definition) is 0. The lowest BCUT2D eigenvalue weighted by atomic mass is 9.85. The lowest BCUT2D eigenvalue weighted by Crippen LogP contribution is -2.10. The minimum absolute atomic E-state index is 0.0721. The molecule has 8 rings (SSSR count). The molecule has 0 unspecified atom stereocenters. The third-order valence-electron chi connectivity index (χ3n) is 10.4. The van der Waals surface area contributed by atoms with Crippen molar-refractivity contribution in [2.75, 3.05) is 0 Å². The Labute approximate surface area is 302 Å². The van der Waals surface area contributed by atoms with Gasteiger partial charge in [0.15, 0.2) is 0 Å². The Hall–Kier alpha value is -5.60. The fourth-order valence-corrected chi connectivity index (χ4v) is 7.47. The lowest BCUT2D eigenvalue weighted by Gasteiger charge is -2.19. The Kier molecular flexibility index (Phi) is 7.87. The highest BCUT2D eigenvalue weighted by molar-refractivity contribution is 6.10. The Balaban J connectivity index is 1.25. The fourth-order valence-electron chi connectivity index (χ4n) is 7.47. The van der Waals surface area contributed by atoms with Crippen LogP contribution in [0.1, 0.15) is 58.2 Å². The van der Waals surface area contributed by atoms with Gasteiger partial charge in [0.1, 0.15) is 0 Å². The second-order valence-corrected chi connectivity index (χ2v) is 16.0. The van der Waals surface area contributed by atoms with Crippen LogP contribution < -0.4 is 0 Å². The first-order valence-electron chi connectivity index (χ1n) is 18.1. The number of benzene rings is 6. The van der Waals surface area contributed by atoms with E-state index in [-0.39, 0.29) is 10.8 Å². The van der Waals surface area contributed by atoms with E-state index in [2.05, 4.69) is 209 Å². The SMILES string of the molecule is Cc1ccc(-n2c(-c3ccccc3)ccc2-c2ccccc2)cc1-c1ccc(-n2c3ccc(C(C)(C)C)cc3c3cc(C(C)(C)C)ccc32)cc1. The summed E-state index contributed by atoms with van der Waals surface area (Å²) in [5.74, 6) is 0. The zero-order chi connectivity index (χ0) is 35.5. The number of rotatable bonds is 5. The summed E-state index contributed by atoms with van der Waals surface area (Å²) >= 11 is 0. The number of fused-ring (bicyclic) bond motifs is 3. The van der Waals surface area contributed by atoms with Gasteiger partial charge in [-0.1, -0.05) is 133 Å². The van der Waals surface area contributed by atoms with Crippen LogP contribution in [0.25, 0.3) is 66.8 Å². The molecule has 51 heavy (non-hydrogen) atoms. The second kappa shape index (κ2) is 12.3. The van der Waals surface area contributed by atoms with Gasteiger partial charge in [-0.2, -0.15) is 0 Å². The molecule has 2 nitrogen and oxygen atoms in total. The van der Waals surface area contributed by atoms with E-state index < -0.39 is 0 Å². The fraction of sp³-hybridized carbons (Fsp3) is 0.184. The largest absolute Gasteiger partial charge is 0.309 e. The topological polar surface area (TPSA) is 9.86 Å². The van der Waals surface area contributed by atoms with Crippen molar-refractivity contribution in [3.05, 3.63) is 168 Å². The molecule has 2 heteroatoms. The summed E-state index contributed by atoms with van der Waals surface area (Å²) in [5.41, 5.74) is 16.1. The quantitative estimate of drug-likeness (QED) is 0.174. The zero-order valence-corrected chi connectivity index (χ0v) is 30.8.